The van der Waals surface area contributed by atoms with Crippen LogP contribution in [0.1, 0.15) is 15.9 Å². The highest BCUT2D eigenvalue weighted by molar-refractivity contribution is 7.97. The number of carbonyl (C=O) groups is 1. The lowest BCUT2D eigenvalue weighted by Crippen LogP contribution is -2.01. The summed E-state index contributed by atoms with van der Waals surface area (Å²) < 4.78 is 21.7. The molecule has 1 atom stereocenters. The highest BCUT2D eigenvalue weighted by atomic mass is 32.1. The van der Waals surface area contributed by atoms with E-state index in [-0.39, 0.29) is 17.9 Å². The Morgan fingerprint density at radius 2 is 1.71 bits per heavy atom. The number of phosphoric acid groups is 1. The smallest absolute Gasteiger partial charge is 0.403 e. The lowest BCUT2D eigenvalue weighted by Gasteiger charge is -2.14. The fourth-order valence-corrected chi connectivity index (χ4v) is 2.56. The zero-order valence-corrected chi connectivity index (χ0v) is 12.7. The number of thiol groups is 1. The lowest BCUT2D eigenvalue weighted by molar-refractivity contribution is 0.108. The molecule has 0 fully saturated rings. The van der Waals surface area contributed by atoms with Crippen molar-refractivity contribution in [3.63, 3.8) is 0 Å². The van der Waals surface area contributed by atoms with Crippen LogP contribution in [0.2, 0.25) is 0 Å². The van der Waals surface area contributed by atoms with E-state index >= 15 is 0 Å². The number of rotatable bonds is 6. The Labute approximate surface area is 127 Å². The summed E-state index contributed by atoms with van der Waals surface area (Å²) in [6, 6.07) is 14.9. The Kier molecular flexibility index (Phi) is 5.20. The van der Waals surface area contributed by atoms with Crippen LogP contribution in [0.3, 0.4) is 0 Å². The standard InChI is InChI=1S/C14H13O5PS/c15-14(21)12-8-4-5-9-13(12)19-20(16,17)18-10-11-6-2-1-3-7-11/h1-9H,10H2,(H,15,21)(H,16,17). The van der Waals surface area contributed by atoms with Gasteiger partial charge in [-0.05, 0) is 17.7 Å². The Bertz CT molecular complexity index is 674. The Balaban J connectivity index is 2.07. The first kappa shape index (κ1) is 15.8. The number of hydrogen-bond donors (Lipinski definition) is 2. The molecular weight excluding hydrogens is 311 g/mol. The molecule has 0 aromatic heterocycles. The number of carbonyl (C=O) groups excluding carboxylic acids is 1. The van der Waals surface area contributed by atoms with Crippen LogP contribution in [-0.4, -0.2) is 10.0 Å². The van der Waals surface area contributed by atoms with Crippen LogP contribution in [0.25, 0.3) is 0 Å². The van der Waals surface area contributed by atoms with Crippen molar-refractivity contribution in [1.29, 1.82) is 0 Å². The van der Waals surface area contributed by atoms with Gasteiger partial charge in [0.15, 0.2) is 0 Å². The average Bonchev–Trinajstić information content (AvgIpc) is 2.46. The van der Waals surface area contributed by atoms with Crippen LogP contribution in [0.4, 0.5) is 0 Å². The summed E-state index contributed by atoms with van der Waals surface area (Å²) in [5.41, 5.74) is 0.826. The number of para-hydroxylation sites is 1. The molecule has 0 saturated carbocycles. The number of hydrogen-bond acceptors (Lipinski definition) is 4. The minimum absolute atomic E-state index is 0.0450. The molecule has 2 rings (SSSR count). The Morgan fingerprint density at radius 3 is 2.38 bits per heavy atom. The first-order chi connectivity index (χ1) is 9.98. The van der Waals surface area contributed by atoms with Crippen molar-refractivity contribution in [1.82, 2.24) is 0 Å². The van der Waals surface area contributed by atoms with Crippen molar-refractivity contribution in [3.05, 3.63) is 65.7 Å². The molecule has 2 aromatic rings. The molecule has 2 aromatic carbocycles. The predicted octanol–water partition coefficient (Wildman–Crippen LogP) is 3.45. The average molecular weight is 324 g/mol. The number of phosphoric ester groups is 1. The minimum atomic E-state index is -4.33. The lowest BCUT2D eigenvalue weighted by atomic mass is 10.2. The topological polar surface area (TPSA) is 72.8 Å². The van der Waals surface area contributed by atoms with Crippen LogP contribution in [0.5, 0.6) is 5.75 Å². The van der Waals surface area contributed by atoms with E-state index in [1.165, 1.54) is 12.1 Å². The molecule has 0 spiro atoms. The van der Waals surface area contributed by atoms with E-state index in [2.05, 4.69) is 12.6 Å². The summed E-state index contributed by atoms with van der Waals surface area (Å²) >= 11 is 3.69. The van der Waals surface area contributed by atoms with E-state index in [0.29, 0.717) is 0 Å². The molecule has 0 radical (unpaired) electrons. The van der Waals surface area contributed by atoms with Gasteiger partial charge >= 0.3 is 7.82 Å². The van der Waals surface area contributed by atoms with Crippen LogP contribution in [0, 0.1) is 0 Å². The summed E-state index contributed by atoms with van der Waals surface area (Å²) in [5.74, 6) is -0.0450. The molecule has 110 valence electrons. The predicted molar refractivity (Wildman–Crippen MR) is 81.4 cm³/mol. The van der Waals surface area contributed by atoms with Crippen molar-refractivity contribution in [2.24, 2.45) is 0 Å². The second kappa shape index (κ2) is 6.91. The highest BCUT2D eigenvalue weighted by Crippen LogP contribution is 2.45. The molecular formula is C14H13O5PS. The van der Waals surface area contributed by atoms with Gasteiger partial charge in [0, 0.05) is 0 Å². The third-order valence-electron chi connectivity index (χ3n) is 2.57. The summed E-state index contributed by atoms with van der Waals surface area (Å²) in [4.78, 5) is 21.0. The molecule has 0 heterocycles. The van der Waals surface area contributed by atoms with Gasteiger partial charge in [-0.2, -0.15) is 0 Å². The molecule has 7 heteroatoms. The minimum Gasteiger partial charge on any atom is -0.403 e. The van der Waals surface area contributed by atoms with Crippen LogP contribution in [0.15, 0.2) is 54.6 Å². The van der Waals surface area contributed by atoms with E-state index in [1.807, 2.05) is 6.07 Å². The van der Waals surface area contributed by atoms with Crippen molar-refractivity contribution in [2.45, 2.75) is 6.61 Å². The molecule has 21 heavy (non-hydrogen) atoms. The quantitative estimate of drug-likeness (QED) is 0.629. The second-order valence-electron chi connectivity index (χ2n) is 4.12. The third-order valence-corrected chi connectivity index (χ3v) is 3.69. The number of benzene rings is 2. The van der Waals surface area contributed by atoms with E-state index in [1.54, 1.807) is 36.4 Å². The van der Waals surface area contributed by atoms with Gasteiger partial charge in [0.05, 0.1) is 12.2 Å². The van der Waals surface area contributed by atoms with Crippen molar-refractivity contribution < 1.29 is 23.3 Å². The molecule has 0 saturated heterocycles. The molecule has 0 amide bonds. The molecule has 5 nitrogen and oxygen atoms in total. The summed E-state index contributed by atoms with van der Waals surface area (Å²) in [7, 11) is -4.33. The summed E-state index contributed by atoms with van der Waals surface area (Å²) in [5, 5.41) is -0.561. The van der Waals surface area contributed by atoms with Gasteiger partial charge in [-0.3, -0.25) is 14.2 Å². The molecule has 0 aliphatic carbocycles. The van der Waals surface area contributed by atoms with Crippen LogP contribution in [-0.2, 0) is 15.7 Å². The van der Waals surface area contributed by atoms with Crippen molar-refractivity contribution in [3.8, 4) is 5.75 Å². The zero-order chi connectivity index (χ0) is 15.3. The van der Waals surface area contributed by atoms with Gasteiger partial charge in [0.25, 0.3) is 0 Å². The normalized spacial score (nSPS) is 13.4. The largest absolute Gasteiger partial charge is 0.527 e. The Morgan fingerprint density at radius 1 is 1.10 bits per heavy atom. The van der Waals surface area contributed by atoms with Gasteiger partial charge < -0.3 is 4.52 Å². The van der Waals surface area contributed by atoms with Crippen LogP contribution >= 0.6 is 20.5 Å². The maximum atomic E-state index is 11.9. The first-order valence-electron chi connectivity index (χ1n) is 6.01. The highest BCUT2D eigenvalue weighted by Gasteiger charge is 2.25. The third kappa shape index (κ3) is 4.72. The zero-order valence-electron chi connectivity index (χ0n) is 10.9. The summed E-state index contributed by atoms with van der Waals surface area (Å²) in [6.45, 7) is -0.0778. The maximum absolute atomic E-state index is 11.9. The first-order valence-corrected chi connectivity index (χ1v) is 7.95. The van der Waals surface area contributed by atoms with Crippen molar-refractivity contribution >= 4 is 25.6 Å². The monoisotopic (exact) mass is 324 g/mol. The van der Waals surface area contributed by atoms with Crippen LogP contribution < -0.4 is 4.52 Å². The molecule has 1 N–H and O–H groups in total. The van der Waals surface area contributed by atoms with Gasteiger partial charge in [-0.1, -0.05) is 42.5 Å². The summed E-state index contributed by atoms with van der Waals surface area (Å²) in [6.07, 6.45) is 0. The van der Waals surface area contributed by atoms with E-state index in [4.69, 9.17) is 9.05 Å². The molecule has 0 bridgehead atoms. The van der Waals surface area contributed by atoms with E-state index in [0.717, 1.165) is 5.56 Å². The Hall–Kier alpha value is -1.59. The van der Waals surface area contributed by atoms with E-state index < -0.39 is 12.9 Å². The molecule has 0 aliphatic heterocycles. The SMILES string of the molecule is O=C(S)c1ccccc1OP(=O)(O)OCc1ccccc1. The van der Waals surface area contributed by atoms with E-state index in [9.17, 15) is 14.3 Å². The molecule has 1 unspecified atom stereocenters. The second-order valence-corrected chi connectivity index (χ2v) is 5.90. The van der Waals surface area contributed by atoms with Gasteiger partial charge in [-0.15, -0.1) is 12.6 Å². The fourth-order valence-electron chi connectivity index (χ4n) is 1.60. The van der Waals surface area contributed by atoms with Gasteiger partial charge in [-0.25, -0.2) is 4.57 Å². The van der Waals surface area contributed by atoms with Crippen molar-refractivity contribution in [2.75, 3.05) is 0 Å². The maximum Gasteiger partial charge on any atom is 0.527 e. The van der Waals surface area contributed by atoms with Gasteiger partial charge in [0.1, 0.15) is 5.75 Å². The molecule has 0 aliphatic rings. The van der Waals surface area contributed by atoms with Gasteiger partial charge in [0.2, 0.25) is 5.12 Å². The fraction of sp³-hybridized carbons (Fsp3) is 0.0714.